The molecule has 1 nitrogen and oxygen atoms in total. The molecular weight excluding hydrogens is 129 g/mol. The molecule has 0 bridgehead atoms. The van der Waals surface area contributed by atoms with Crippen LogP contribution in [0.1, 0.15) is 19.8 Å². The summed E-state index contributed by atoms with van der Waals surface area (Å²) in [6.45, 7) is 5.78. The Bertz CT molecular complexity index is 85.0. The van der Waals surface area contributed by atoms with Gasteiger partial charge in [-0.25, -0.2) is 0 Å². The molecule has 1 fully saturated rings. The van der Waals surface area contributed by atoms with Crippen LogP contribution in [0.25, 0.3) is 0 Å². The summed E-state index contributed by atoms with van der Waals surface area (Å²) in [6, 6.07) is 0. The predicted molar refractivity (Wildman–Crippen MR) is 44.1 cm³/mol. The number of hydrogen-bond donors (Lipinski definition) is 1. The minimum absolute atomic E-state index is 0.927. The molecule has 3 atom stereocenters. The number of hydrogen-bond acceptors (Lipinski definition) is 1. The van der Waals surface area contributed by atoms with Crippen LogP contribution in [0, 0.1) is 11.8 Å². The SMILES string of the molecule is CPNCC[C@@H]1C[C@@H]1C. The molecule has 2 heteroatoms. The maximum Gasteiger partial charge on any atom is -0.000951 e. The molecule has 0 aromatic carbocycles. The minimum Gasteiger partial charge on any atom is -0.298 e. The fourth-order valence-corrected chi connectivity index (χ4v) is 1.58. The second kappa shape index (κ2) is 3.53. The van der Waals surface area contributed by atoms with Crippen molar-refractivity contribution in [1.82, 2.24) is 5.09 Å². The Balaban J connectivity index is 1.83. The van der Waals surface area contributed by atoms with E-state index in [0.29, 0.717) is 0 Å². The molecule has 1 unspecified atom stereocenters. The topological polar surface area (TPSA) is 12.0 Å². The third-order valence-corrected chi connectivity index (χ3v) is 2.70. The summed E-state index contributed by atoms with van der Waals surface area (Å²) in [5, 5.41) is 3.37. The molecule has 0 saturated heterocycles. The highest BCUT2D eigenvalue weighted by atomic mass is 31.1. The maximum absolute atomic E-state index is 3.37. The van der Waals surface area contributed by atoms with E-state index >= 15 is 0 Å². The van der Waals surface area contributed by atoms with E-state index in [0.717, 1.165) is 20.6 Å². The Kier molecular flexibility index (Phi) is 2.94. The lowest BCUT2D eigenvalue weighted by atomic mass is 10.2. The highest BCUT2D eigenvalue weighted by Gasteiger charge is 2.31. The van der Waals surface area contributed by atoms with Crippen LogP contribution in [-0.4, -0.2) is 13.2 Å². The van der Waals surface area contributed by atoms with E-state index in [-0.39, 0.29) is 0 Å². The first-order valence-corrected chi connectivity index (χ1v) is 5.24. The van der Waals surface area contributed by atoms with Gasteiger partial charge in [-0.3, -0.25) is 5.09 Å². The van der Waals surface area contributed by atoms with Crippen LogP contribution < -0.4 is 5.09 Å². The van der Waals surface area contributed by atoms with Crippen LogP contribution in [-0.2, 0) is 0 Å². The highest BCUT2D eigenvalue weighted by Crippen LogP contribution is 2.40. The van der Waals surface area contributed by atoms with Gasteiger partial charge in [-0.2, -0.15) is 0 Å². The Morgan fingerprint density at radius 2 is 2.33 bits per heavy atom. The molecule has 0 spiro atoms. The molecule has 1 N–H and O–H groups in total. The maximum atomic E-state index is 3.37. The van der Waals surface area contributed by atoms with E-state index in [9.17, 15) is 0 Å². The van der Waals surface area contributed by atoms with E-state index in [1.807, 2.05) is 0 Å². The second-order valence-electron chi connectivity index (χ2n) is 2.94. The van der Waals surface area contributed by atoms with Crippen molar-refractivity contribution < 1.29 is 0 Å². The summed E-state index contributed by atoms with van der Waals surface area (Å²) in [5.41, 5.74) is 0. The van der Waals surface area contributed by atoms with Gasteiger partial charge >= 0.3 is 0 Å². The van der Waals surface area contributed by atoms with Crippen LogP contribution in [0.15, 0.2) is 0 Å². The zero-order chi connectivity index (χ0) is 6.69. The molecular formula is C7H16NP. The van der Waals surface area contributed by atoms with Crippen molar-refractivity contribution in [3.63, 3.8) is 0 Å². The van der Waals surface area contributed by atoms with Gasteiger partial charge in [0.1, 0.15) is 0 Å². The molecule has 0 amide bonds. The first-order valence-electron chi connectivity index (χ1n) is 3.74. The standard InChI is InChI=1S/C7H16NP/c1-6-5-7(6)3-4-8-9-2/h6-9H,3-5H2,1-2H3/t6-,7+/m0/s1. The molecule has 0 aromatic rings. The zero-order valence-electron chi connectivity index (χ0n) is 6.28. The van der Waals surface area contributed by atoms with Crippen molar-refractivity contribution in [3.05, 3.63) is 0 Å². The first-order chi connectivity index (χ1) is 4.34. The van der Waals surface area contributed by atoms with Crippen molar-refractivity contribution in [2.24, 2.45) is 11.8 Å². The first kappa shape index (κ1) is 7.50. The van der Waals surface area contributed by atoms with Crippen LogP contribution in [0.5, 0.6) is 0 Å². The summed E-state index contributed by atoms with van der Waals surface area (Å²) in [5.74, 6) is 2.10. The van der Waals surface area contributed by atoms with Crippen LogP contribution in [0.3, 0.4) is 0 Å². The lowest BCUT2D eigenvalue weighted by Crippen LogP contribution is -2.03. The van der Waals surface area contributed by atoms with Gasteiger partial charge in [0.2, 0.25) is 0 Å². The average Bonchev–Trinajstić information content (AvgIpc) is 2.48. The molecule has 1 aliphatic carbocycles. The monoisotopic (exact) mass is 145 g/mol. The van der Waals surface area contributed by atoms with Gasteiger partial charge in [-0.1, -0.05) is 15.7 Å². The van der Waals surface area contributed by atoms with Gasteiger partial charge in [-0.15, -0.1) is 0 Å². The summed E-state index contributed by atoms with van der Waals surface area (Å²) >= 11 is 0. The predicted octanol–water partition coefficient (Wildman–Crippen LogP) is 1.85. The summed E-state index contributed by atoms with van der Waals surface area (Å²) < 4.78 is 0. The van der Waals surface area contributed by atoms with Crippen LogP contribution >= 0.6 is 8.73 Å². The molecule has 0 radical (unpaired) electrons. The molecule has 0 heterocycles. The largest absolute Gasteiger partial charge is 0.298 e. The Labute approximate surface area is 59.4 Å². The van der Waals surface area contributed by atoms with Crippen molar-refractivity contribution >= 4 is 8.73 Å². The summed E-state index contributed by atoms with van der Waals surface area (Å²) in [4.78, 5) is 0. The summed E-state index contributed by atoms with van der Waals surface area (Å²) in [6.07, 6.45) is 2.89. The minimum atomic E-state index is 0.927. The third-order valence-electron chi connectivity index (χ3n) is 2.09. The molecule has 1 aliphatic rings. The van der Waals surface area contributed by atoms with Crippen LogP contribution in [0.4, 0.5) is 0 Å². The second-order valence-corrected chi connectivity index (χ2v) is 3.79. The van der Waals surface area contributed by atoms with Gasteiger partial charge in [0.05, 0.1) is 0 Å². The number of nitrogens with one attached hydrogen (secondary N) is 1. The van der Waals surface area contributed by atoms with Crippen LogP contribution in [0.2, 0.25) is 0 Å². The van der Waals surface area contributed by atoms with Gasteiger partial charge in [0.15, 0.2) is 0 Å². The fourth-order valence-electron chi connectivity index (χ4n) is 1.18. The Hall–Kier alpha value is 0.390. The average molecular weight is 145 g/mol. The molecule has 0 aromatic heterocycles. The van der Waals surface area contributed by atoms with Gasteiger partial charge in [0, 0.05) is 0 Å². The smallest absolute Gasteiger partial charge is 0.000951 e. The molecule has 9 heavy (non-hydrogen) atoms. The van der Waals surface area contributed by atoms with E-state index in [4.69, 9.17) is 0 Å². The van der Waals surface area contributed by atoms with Crippen molar-refractivity contribution in [1.29, 1.82) is 0 Å². The fraction of sp³-hybridized carbons (Fsp3) is 1.00. The zero-order valence-corrected chi connectivity index (χ0v) is 7.28. The van der Waals surface area contributed by atoms with Crippen molar-refractivity contribution in [2.75, 3.05) is 13.2 Å². The molecule has 1 rings (SSSR count). The Morgan fingerprint density at radius 3 is 2.78 bits per heavy atom. The van der Waals surface area contributed by atoms with Crippen molar-refractivity contribution in [2.45, 2.75) is 19.8 Å². The lowest BCUT2D eigenvalue weighted by molar-refractivity contribution is 0.666. The van der Waals surface area contributed by atoms with Gasteiger partial charge in [-0.05, 0) is 37.9 Å². The third kappa shape index (κ3) is 2.64. The van der Waals surface area contributed by atoms with E-state index < -0.39 is 0 Å². The Morgan fingerprint density at radius 1 is 1.67 bits per heavy atom. The molecule has 1 saturated carbocycles. The normalized spacial score (nSPS) is 34.0. The summed E-state index contributed by atoms with van der Waals surface area (Å²) in [7, 11) is 0.927. The number of rotatable bonds is 4. The molecule has 54 valence electrons. The van der Waals surface area contributed by atoms with Gasteiger partial charge < -0.3 is 0 Å². The van der Waals surface area contributed by atoms with Crippen molar-refractivity contribution in [3.8, 4) is 0 Å². The van der Waals surface area contributed by atoms with Gasteiger partial charge in [0.25, 0.3) is 0 Å². The lowest BCUT2D eigenvalue weighted by Gasteiger charge is -1.97. The van der Waals surface area contributed by atoms with E-state index in [1.165, 1.54) is 19.4 Å². The highest BCUT2D eigenvalue weighted by molar-refractivity contribution is 7.34. The van der Waals surface area contributed by atoms with E-state index in [1.54, 1.807) is 0 Å². The molecule has 0 aliphatic heterocycles. The van der Waals surface area contributed by atoms with E-state index in [2.05, 4.69) is 18.7 Å². The quantitative estimate of drug-likeness (QED) is 0.470.